The molecule has 0 bridgehead atoms. The lowest BCUT2D eigenvalue weighted by Gasteiger charge is -2.31. The second-order valence-electron chi connectivity index (χ2n) is 8.52. The average Bonchev–Trinajstić information content (AvgIpc) is 2.72. The second kappa shape index (κ2) is 19.9. The molecule has 0 radical (unpaired) electrons. The molecule has 0 amide bonds. The predicted molar refractivity (Wildman–Crippen MR) is 122 cm³/mol. The Bertz CT molecular complexity index is 365. The summed E-state index contributed by atoms with van der Waals surface area (Å²) in [6.07, 6.45) is 12.6. The van der Waals surface area contributed by atoms with Crippen molar-refractivity contribution in [3.05, 3.63) is 0 Å². The lowest BCUT2D eigenvalue weighted by atomic mass is 10.1. The van der Waals surface area contributed by atoms with Crippen molar-refractivity contribution in [2.45, 2.75) is 83.5 Å². The third-order valence-electron chi connectivity index (χ3n) is 5.75. The molecule has 1 atom stereocenters. The van der Waals surface area contributed by atoms with Crippen molar-refractivity contribution in [1.29, 1.82) is 0 Å². The molecule has 0 N–H and O–H groups in total. The minimum atomic E-state index is -2.42. The maximum atomic E-state index is 5.51. The zero-order valence-electron chi connectivity index (χ0n) is 20.8. The monoisotopic (exact) mass is 471 g/mol. The van der Waals surface area contributed by atoms with Gasteiger partial charge in [-0.15, -0.1) is 0 Å². The lowest BCUT2D eigenvalue weighted by Crippen LogP contribution is -3.00. The molecule has 0 aliphatic heterocycles. The van der Waals surface area contributed by atoms with Gasteiger partial charge in [0.2, 0.25) is 0 Å². The molecule has 0 aromatic rings. The van der Waals surface area contributed by atoms with Gasteiger partial charge in [0.25, 0.3) is 0 Å². The molecule has 8 heteroatoms. The standard InChI is InChI=1S/C22H50NO5Si.ClH/c1-8-28-22(24-4)18-15-13-11-9-10-12-14-16-19-23(2,3)20-17-21-29(25-5,26-6)27-7;/h22H,8-21H2,1-7H3;1H/q+1;/p-1. The van der Waals surface area contributed by atoms with Crippen molar-refractivity contribution in [1.82, 2.24) is 0 Å². The van der Waals surface area contributed by atoms with Crippen molar-refractivity contribution in [3.8, 4) is 0 Å². The number of hydrogen-bond acceptors (Lipinski definition) is 5. The van der Waals surface area contributed by atoms with Gasteiger partial charge in [-0.1, -0.05) is 32.1 Å². The number of halogens is 1. The van der Waals surface area contributed by atoms with Gasteiger partial charge in [0, 0.05) is 47.5 Å². The molecule has 0 saturated carbocycles. The Labute approximate surface area is 194 Å². The predicted octanol–water partition coefficient (Wildman–Crippen LogP) is 1.85. The van der Waals surface area contributed by atoms with Crippen LogP contribution in [0.5, 0.6) is 0 Å². The highest BCUT2D eigenvalue weighted by atomic mass is 35.5. The summed E-state index contributed by atoms with van der Waals surface area (Å²) in [6.45, 7) is 5.11. The third kappa shape index (κ3) is 16.0. The molecule has 184 valence electrons. The van der Waals surface area contributed by atoms with Gasteiger partial charge < -0.3 is 39.6 Å². The van der Waals surface area contributed by atoms with E-state index < -0.39 is 8.80 Å². The molecule has 0 heterocycles. The molecule has 0 aliphatic carbocycles. The fourth-order valence-corrected chi connectivity index (χ4v) is 5.46. The van der Waals surface area contributed by atoms with Crippen molar-refractivity contribution in [2.75, 3.05) is 62.2 Å². The zero-order chi connectivity index (χ0) is 22.0. The molecule has 0 aromatic carbocycles. The van der Waals surface area contributed by atoms with E-state index in [1.54, 1.807) is 28.4 Å². The molecule has 0 spiro atoms. The van der Waals surface area contributed by atoms with Gasteiger partial charge >= 0.3 is 8.80 Å². The number of ether oxygens (including phenoxy) is 2. The van der Waals surface area contributed by atoms with Gasteiger partial charge in [-0.05, 0) is 32.6 Å². The van der Waals surface area contributed by atoms with Crippen LogP contribution in [0.1, 0.15) is 71.1 Å². The summed E-state index contributed by atoms with van der Waals surface area (Å²) < 4.78 is 28.4. The first kappa shape index (κ1) is 32.4. The number of quaternary nitrogens is 1. The fourth-order valence-electron chi connectivity index (χ4n) is 3.76. The molecule has 0 saturated heterocycles. The number of methoxy groups -OCH3 is 1. The average molecular weight is 472 g/mol. The molecule has 6 nitrogen and oxygen atoms in total. The molecule has 0 aromatic heterocycles. The highest BCUT2D eigenvalue weighted by Crippen LogP contribution is 2.17. The topological polar surface area (TPSA) is 46.2 Å². The molecule has 0 fully saturated rings. The van der Waals surface area contributed by atoms with E-state index in [9.17, 15) is 0 Å². The van der Waals surface area contributed by atoms with Crippen LogP contribution in [0.25, 0.3) is 0 Å². The van der Waals surface area contributed by atoms with Crippen LogP contribution >= 0.6 is 0 Å². The van der Waals surface area contributed by atoms with Crippen molar-refractivity contribution >= 4 is 8.80 Å². The smallest absolute Gasteiger partial charge is 0.500 e. The zero-order valence-corrected chi connectivity index (χ0v) is 22.6. The highest BCUT2D eigenvalue weighted by Gasteiger charge is 2.37. The molecule has 1 unspecified atom stereocenters. The van der Waals surface area contributed by atoms with E-state index in [1.807, 2.05) is 6.92 Å². The minimum Gasteiger partial charge on any atom is -1.00 e. The first-order chi connectivity index (χ1) is 13.9. The van der Waals surface area contributed by atoms with Gasteiger partial charge in [-0.2, -0.15) is 0 Å². The SMILES string of the molecule is CCOC(CCCCCCCCCC[N+](C)(C)CCC[Si](OC)(OC)OC)OC.[Cl-]. The maximum Gasteiger partial charge on any atom is 0.500 e. The third-order valence-corrected chi connectivity index (χ3v) is 8.58. The van der Waals surface area contributed by atoms with Crippen LogP contribution in [0.15, 0.2) is 0 Å². The van der Waals surface area contributed by atoms with Crippen LogP contribution in [0.4, 0.5) is 0 Å². The quantitative estimate of drug-likeness (QED) is 0.111. The minimum absolute atomic E-state index is 0. The normalized spacial score (nSPS) is 13.3. The molecular formula is C22H50ClNO5Si. The van der Waals surface area contributed by atoms with E-state index in [2.05, 4.69) is 14.1 Å². The lowest BCUT2D eigenvalue weighted by molar-refractivity contribution is -0.890. The van der Waals surface area contributed by atoms with Crippen LogP contribution in [-0.4, -0.2) is 81.8 Å². The summed E-state index contributed by atoms with van der Waals surface area (Å²) in [5.74, 6) is 0. The van der Waals surface area contributed by atoms with Crippen molar-refractivity contribution in [3.63, 3.8) is 0 Å². The summed E-state index contributed by atoms with van der Waals surface area (Å²) in [5.41, 5.74) is 0. The number of unbranched alkanes of at least 4 members (excludes halogenated alkanes) is 7. The second-order valence-corrected chi connectivity index (χ2v) is 11.6. The van der Waals surface area contributed by atoms with Gasteiger partial charge in [0.15, 0.2) is 6.29 Å². The first-order valence-corrected chi connectivity index (χ1v) is 13.4. The Balaban J connectivity index is 0. The largest absolute Gasteiger partial charge is 1.00 e. The van der Waals surface area contributed by atoms with Crippen molar-refractivity contribution < 1.29 is 39.6 Å². The van der Waals surface area contributed by atoms with Gasteiger partial charge in [0.1, 0.15) is 0 Å². The number of hydrogen-bond donors (Lipinski definition) is 0. The number of rotatable bonds is 21. The Morgan fingerprint density at radius 2 is 1.17 bits per heavy atom. The Kier molecular flexibility index (Phi) is 21.5. The van der Waals surface area contributed by atoms with E-state index in [1.165, 1.54) is 57.9 Å². The van der Waals surface area contributed by atoms with Gasteiger partial charge in [-0.25, -0.2) is 0 Å². The summed E-state index contributed by atoms with van der Waals surface area (Å²) in [7, 11) is 9.04. The van der Waals surface area contributed by atoms with Crippen LogP contribution in [0.2, 0.25) is 6.04 Å². The highest BCUT2D eigenvalue weighted by molar-refractivity contribution is 6.60. The Morgan fingerprint density at radius 3 is 1.63 bits per heavy atom. The summed E-state index contributed by atoms with van der Waals surface area (Å²) >= 11 is 0. The van der Waals surface area contributed by atoms with E-state index >= 15 is 0 Å². The van der Waals surface area contributed by atoms with Crippen molar-refractivity contribution in [2.24, 2.45) is 0 Å². The molecular weight excluding hydrogens is 422 g/mol. The fraction of sp³-hybridized carbons (Fsp3) is 1.00. The van der Waals surface area contributed by atoms with E-state index in [0.717, 1.165) is 36.5 Å². The van der Waals surface area contributed by atoms with Crippen LogP contribution in [0, 0.1) is 0 Å². The van der Waals surface area contributed by atoms with Crippen LogP contribution in [-0.2, 0) is 22.8 Å². The summed E-state index contributed by atoms with van der Waals surface area (Å²) in [6, 6.07) is 0.883. The molecule has 30 heavy (non-hydrogen) atoms. The summed E-state index contributed by atoms with van der Waals surface area (Å²) in [5, 5.41) is 0. The first-order valence-electron chi connectivity index (χ1n) is 11.5. The van der Waals surface area contributed by atoms with Gasteiger partial charge in [0.05, 0.1) is 27.2 Å². The Hall–Kier alpha value is 0.267. The summed E-state index contributed by atoms with van der Waals surface area (Å²) in [4.78, 5) is 0. The van der Waals surface area contributed by atoms with Gasteiger partial charge in [-0.3, -0.25) is 0 Å². The van der Waals surface area contributed by atoms with E-state index in [0.29, 0.717) is 0 Å². The van der Waals surface area contributed by atoms with E-state index in [4.69, 9.17) is 22.8 Å². The number of nitrogens with zero attached hydrogens (tertiary/aromatic N) is 1. The van der Waals surface area contributed by atoms with Crippen LogP contribution < -0.4 is 12.4 Å². The van der Waals surface area contributed by atoms with E-state index in [-0.39, 0.29) is 18.7 Å². The Morgan fingerprint density at radius 1 is 0.700 bits per heavy atom. The van der Waals surface area contributed by atoms with Crippen LogP contribution in [0.3, 0.4) is 0 Å². The molecule has 0 rings (SSSR count). The maximum absolute atomic E-state index is 5.51. The molecule has 0 aliphatic rings.